The summed E-state index contributed by atoms with van der Waals surface area (Å²) in [5.74, 6) is 0.613. The molecule has 0 spiro atoms. The van der Waals surface area contributed by atoms with E-state index < -0.39 is 5.54 Å². The molecular formula is C11H21N5O3. The van der Waals surface area contributed by atoms with E-state index in [1.54, 1.807) is 6.92 Å². The fraction of sp³-hybridized carbons (Fsp3) is 0.727. The first-order valence-electron chi connectivity index (χ1n) is 6.19. The number of ether oxygens (including phenoxy) is 1. The van der Waals surface area contributed by atoms with Gasteiger partial charge in [-0.15, -0.1) is 0 Å². The van der Waals surface area contributed by atoms with Crippen molar-refractivity contribution in [2.45, 2.75) is 26.3 Å². The van der Waals surface area contributed by atoms with E-state index in [1.165, 1.54) is 0 Å². The van der Waals surface area contributed by atoms with Crippen LogP contribution in [0, 0.1) is 0 Å². The maximum absolute atomic E-state index is 9.25. The second kappa shape index (κ2) is 7.05. The molecule has 0 radical (unpaired) electrons. The first-order chi connectivity index (χ1) is 9.06. The third kappa shape index (κ3) is 4.49. The molecule has 0 aliphatic rings. The Morgan fingerprint density at radius 1 is 1.11 bits per heavy atom. The molecule has 108 valence electrons. The van der Waals surface area contributed by atoms with E-state index >= 15 is 0 Å². The Hall–Kier alpha value is -1.67. The van der Waals surface area contributed by atoms with Crippen LogP contribution in [-0.2, 0) is 0 Å². The van der Waals surface area contributed by atoms with Crippen LogP contribution in [-0.4, -0.2) is 57.1 Å². The molecule has 0 unspecified atom stereocenters. The van der Waals surface area contributed by atoms with E-state index in [1.807, 2.05) is 13.8 Å². The number of nitrogens with one attached hydrogen (secondary N) is 2. The van der Waals surface area contributed by atoms with E-state index in [4.69, 9.17) is 4.74 Å². The predicted molar refractivity (Wildman–Crippen MR) is 71.4 cm³/mol. The summed E-state index contributed by atoms with van der Waals surface area (Å²) in [5, 5.41) is 24.3. The SMILES string of the molecule is CCNc1nc(NC(C)(CO)CO)nc(OCC)n1. The Morgan fingerprint density at radius 2 is 1.74 bits per heavy atom. The zero-order valence-electron chi connectivity index (χ0n) is 11.5. The number of aliphatic hydroxyl groups excluding tert-OH is 2. The van der Waals surface area contributed by atoms with Gasteiger partial charge in [0.25, 0.3) is 0 Å². The van der Waals surface area contributed by atoms with Crippen molar-refractivity contribution in [3.8, 4) is 6.01 Å². The van der Waals surface area contributed by atoms with E-state index in [9.17, 15) is 10.2 Å². The third-order valence-corrected chi connectivity index (χ3v) is 2.33. The number of rotatable bonds is 8. The molecule has 0 amide bonds. The van der Waals surface area contributed by atoms with Gasteiger partial charge in [-0.25, -0.2) is 0 Å². The van der Waals surface area contributed by atoms with E-state index in [0.717, 1.165) is 0 Å². The minimum absolute atomic E-state index is 0.189. The van der Waals surface area contributed by atoms with Crippen LogP contribution >= 0.6 is 0 Å². The fourth-order valence-corrected chi connectivity index (χ4v) is 1.24. The minimum Gasteiger partial charge on any atom is -0.464 e. The second-order valence-corrected chi connectivity index (χ2v) is 4.23. The predicted octanol–water partition coefficient (Wildman–Crippen LogP) is -0.143. The molecule has 4 N–H and O–H groups in total. The molecule has 8 nitrogen and oxygen atoms in total. The average Bonchev–Trinajstić information content (AvgIpc) is 2.39. The average molecular weight is 271 g/mol. The molecule has 1 aromatic heterocycles. The lowest BCUT2D eigenvalue weighted by Gasteiger charge is -2.26. The number of aliphatic hydroxyl groups is 2. The number of hydrogen-bond donors (Lipinski definition) is 4. The van der Waals surface area contributed by atoms with Crippen molar-refractivity contribution in [1.82, 2.24) is 15.0 Å². The second-order valence-electron chi connectivity index (χ2n) is 4.23. The van der Waals surface area contributed by atoms with Gasteiger partial charge in [-0.1, -0.05) is 0 Å². The molecule has 0 aliphatic heterocycles. The number of aromatic nitrogens is 3. The molecule has 0 fully saturated rings. The van der Waals surface area contributed by atoms with Crippen LogP contribution in [0.2, 0.25) is 0 Å². The van der Waals surface area contributed by atoms with Gasteiger partial charge in [-0.05, 0) is 20.8 Å². The summed E-state index contributed by atoms with van der Waals surface area (Å²) in [5.41, 5.74) is -0.908. The van der Waals surface area contributed by atoms with Crippen molar-refractivity contribution in [2.75, 3.05) is 37.0 Å². The van der Waals surface area contributed by atoms with Gasteiger partial charge in [0.2, 0.25) is 11.9 Å². The van der Waals surface area contributed by atoms with Gasteiger partial charge in [0.15, 0.2) is 0 Å². The van der Waals surface area contributed by atoms with Crippen LogP contribution < -0.4 is 15.4 Å². The lowest BCUT2D eigenvalue weighted by molar-refractivity contribution is 0.147. The topological polar surface area (TPSA) is 112 Å². The molecular weight excluding hydrogens is 250 g/mol. The van der Waals surface area contributed by atoms with Crippen LogP contribution in [0.5, 0.6) is 6.01 Å². The lowest BCUT2D eigenvalue weighted by atomic mass is 10.1. The Morgan fingerprint density at radius 3 is 2.26 bits per heavy atom. The largest absolute Gasteiger partial charge is 0.464 e. The van der Waals surface area contributed by atoms with Crippen LogP contribution in [0.3, 0.4) is 0 Å². The first kappa shape index (κ1) is 15.4. The fourth-order valence-electron chi connectivity index (χ4n) is 1.24. The van der Waals surface area contributed by atoms with Crippen LogP contribution in [0.1, 0.15) is 20.8 Å². The Balaban J connectivity index is 2.98. The summed E-state index contributed by atoms with van der Waals surface area (Å²) < 4.78 is 5.25. The molecule has 0 aromatic carbocycles. The Labute approximate surface area is 112 Å². The summed E-state index contributed by atoms with van der Waals surface area (Å²) in [6, 6.07) is 0.189. The summed E-state index contributed by atoms with van der Waals surface area (Å²) >= 11 is 0. The van der Waals surface area contributed by atoms with Gasteiger partial charge in [0.1, 0.15) is 0 Å². The highest BCUT2D eigenvalue weighted by Gasteiger charge is 2.24. The van der Waals surface area contributed by atoms with Gasteiger partial charge in [0, 0.05) is 6.54 Å². The zero-order valence-corrected chi connectivity index (χ0v) is 11.5. The molecule has 0 saturated heterocycles. The van der Waals surface area contributed by atoms with Gasteiger partial charge >= 0.3 is 6.01 Å². The summed E-state index contributed by atoms with van der Waals surface area (Å²) in [6.07, 6.45) is 0. The molecule has 0 saturated carbocycles. The highest BCUT2D eigenvalue weighted by molar-refractivity contribution is 5.37. The van der Waals surface area contributed by atoms with E-state index in [0.29, 0.717) is 19.1 Å². The van der Waals surface area contributed by atoms with Crippen molar-refractivity contribution >= 4 is 11.9 Å². The first-order valence-corrected chi connectivity index (χ1v) is 6.19. The number of anilines is 2. The maximum atomic E-state index is 9.25. The van der Waals surface area contributed by atoms with Crippen LogP contribution in [0.25, 0.3) is 0 Å². The number of nitrogens with zero attached hydrogens (tertiary/aromatic N) is 3. The highest BCUT2D eigenvalue weighted by atomic mass is 16.5. The molecule has 0 atom stereocenters. The molecule has 0 aliphatic carbocycles. The standard InChI is InChI=1S/C11H21N5O3/c1-4-12-8-13-9(15-10(14-8)19-5-2)16-11(3,6-17)7-18/h17-18H,4-7H2,1-3H3,(H2,12,13,14,15,16). The highest BCUT2D eigenvalue weighted by Crippen LogP contribution is 2.15. The summed E-state index contributed by atoms with van der Waals surface area (Å²) in [6.45, 7) is 5.99. The Bertz CT molecular complexity index is 374. The lowest BCUT2D eigenvalue weighted by Crippen LogP contribution is -2.43. The van der Waals surface area contributed by atoms with Gasteiger partial charge in [0.05, 0.1) is 25.4 Å². The quantitative estimate of drug-likeness (QED) is 0.517. The molecule has 8 heteroatoms. The third-order valence-electron chi connectivity index (χ3n) is 2.33. The minimum atomic E-state index is -0.908. The summed E-state index contributed by atoms with van der Waals surface area (Å²) in [4.78, 5) is 12.3. The van der Waals surface area contributed by atoms with Crippen molar-refractivity contribution in [2.24, 2.45) is 0 Å². The monoisotopic (exact) mass is 271 g/mol. The smallest absolute Gasteiger partial charge is 0.323 e. The molecule has 1 aromatic rings. The zero-order chi connectivity index (χ0) is 14.3. The van der Waals surface area contributed by atoms with Crippen molar-refractivity contribution in [3.63, 3.8) is 0 Å². The number of hydrogen-bond acceptors (Lipinski definition) is 8. The van der Waals surface area contributed by atoms with Crippen molar-refractivity contribution < 1.29 is 14.9 Å². The summed E-state index contributed by atoms with van der Waals surface area (Å²) in [7, 11) is 0. The molecule has 1 rings (SSSR count). The van der Waals surface area contributed by atoms with E-state index in [2.05, 4.69) is 25.6 Å². The Kier molecular flexibility index (Phi) is 5.71. The van der Waals surface area contributed by atoms with Crippen molar-refractivity contribution in [3.05, 3.63) is 0 Å². The van der Waals surface area contributed by atoms with Crippen LogP contribution in [0.4, 0.5) is 11.9 Å². The van der Waals surface area contributed by atoms with Crippen LogP contribution in [0.15, 0.2) is 0 Å². The van der Waals surface area contributed by atoms with E-state index in [-0.39, 0.29) is 25.2 Å². The van der Waals surface area contributed by atoms with Crippen molar-refractivity contribution in [1.29, 1.82) is 0 Å². The molecule has 19 heavy (non-hydrogen) atoms. The normalized spacial score (nSPS) is 11.2. The molecule has 1 heterocycles. The maximum Gasteiger partial charge on any atom is 0.323 e. The molecule has 0 bridgehead atoms. The van der Waals surface area contributed by atoms with Gasteiger partial charge in [-0.2, -0.15) is 15.0 Å². The van der Waals surface area contributed by atoms with Gasteiger partial charge < -0.3 is 25.6 Å². The van der Waals surface area contributed by atoms with Gasteiger partial charge in [-0.3, -0.25) is 0 Å².